The van der Waals surface area contributed by atoms with Crippen LogP contribution >= 0.6 is 0 Å². The van der Waals surface area contributed by atoms with Gasteiger partial charge in [-0.2, -0.15) is 0 Å². The van der Waals surface area contributed by atoms with Gasteiger partial charge in [-0.25, -0.2) is 0 Å². The number of pyridine rings is 1. The molecule has 1 saturated heterocycles. The molecular weight excluding hydrogens is 516 g/mol. The number of para-hydroxylation sites is 1. The zero-order valence-electron chi connectivity index (χ0n) is 24.1. The van der Waals surface area contributed by atoms with Crippen molar-refractivity contribution in [3.63, 3.8) is 0 Å². The molecule has 0 aliphatic carbocycles. The number of carbonyl (C=O) groups is 2. The first-order valence-electron chi connectivity index (χ1n) is 14.6. The first kappa shape index (κ1) is 28.6. The van der Waals surface area contributed by atoms with E-state index in [1.54, 1.807) is 13.2 Å². The predicted molar refractivity (Wildman–Crippen MR) is 159 cm³/mol. The minimum Gasteiger partial charge on any atom is -0.497 e. The third-order valence-corrected chi connectivity index (χ3v) is 8.25. The number of nitrogens with zero attached hydrogens (tertiary/aromatic N) is 4. The van der Waals surface area contributed by atoms with Crippen molar-refractivity contribution in [3.8, 4) is 11.5 Å². The largest absolute Gasteiger partial charge is 0.497 e. The Labute approximate surface area is 242 Å². The highest BCUT2D eigenvalue weighted by molar-refractivity contribution is 5.94. The Morgan fingerprint density at radius 1 is 0.927 bits per heavy atom. The molecule has 2 bridgehead atoms. The van der Waals surface area contributed by atoms with E-state index in [0.29, 0.717) is 43.6 Å². The Morgan fingerprint density at radius 2 is 1.71 bits per heavy atom. The number of benzene rings is 2. The van der Waals surface area contributed by atoms with E-state index in [9.17, 15) is 9.59 Å². The monoisotopic (exact) mass is 556 g/mol. The molecule has 3 aromatic rings. The van der Waals surface area contributed by atoms with Crippen LogP contribution in [0.5, 0.6) is 11.5 Å². The summed E-state index contributed by atoms with van der Waals surface area (Å²) in [6.45, 7) is 4.28. The minimum atomic E-state index is -0.0822. The van der Waals surface area contributed by atoms with Crippen molar-refractivity contribution in [2.45, 2.75) is 64.2 Å². The van der Waals surface area contributed by atoms with E-state index >= 15 is 0 Å². The average Bonchev–Trinajstić information content (AvgIpc) is 3.02. The van der Waals surface area contributed by atoms with Gasteiger partial charge in [0.1, 0.15) is 11.5 Å². The number of aromatic nitrogens is 1. The summed E-state index contributed by atoms with van der Waals surface area (Å²) in [5.74, 6) is 1.29. The Morgan fingerprint density at radius 3 is 2.51 bits per heavy atom. The fourth-order valence-electron chi connectivity index (χ4n) is 6.08. The Bertz CT molecular complexity index is 1320. The van der Waals surface area contributed by atoms with Gasteiger partial charge in [0, 0.05) is 68.8 Å². The molecule has 0 N–H and O–H groups in total. The summed E-state index contributed by atoms with van der Waals surface area (Å²) in [6.07, 6.45) is 8.17. The van der Waals surface area contributed by atoms with Crippen LogP contribution in [0.1, 0.15) is 50.2 Å². The lowest BCUT2D eigenvalue weighted by Gasteiger charge is -2.44. The molecule has 2 aliphatic rings. The molecule has 3 heterocycles. The molecule has 8 heteroatoms. The number of amides is 2. The summed E-state index contributed by atoms with van der Waals surface area (Å²) in [6, 6.07) is 19.9. The molecule has 2 aliphatic heterocycles. The number of rotatable bonds is 7. The van der Waals surface area contributed by atoms with E-state index in [1.807, 2.05) is 71.6 Å². The summed E-state index contributed by atoms with van der Waals surface area (Å²) in [7, 11) is 1.61. The van der Waals surface area contributed by atoms with Crippen molar-refractivity contribution in [3.05, 3.63) is 84.2 Å². The maximum atomic E-state index is 13.8. The lowest BCUT2D eigenvalue weighted by molar-refractivity contribution is -0.135. The van der Waals surface area contributed by atoms with Crippen LogP contribution in [0.2, 0.25) is 0 Å². The highest BCUT2D eigenvalue weighted by Crippen LogP contribution is 2.32. The second-order valence-electron chi connectivity index (χ2n) is 10.8. The van der Waals surface area contributed by atoms with Crippen LogP contribution in [0.25, 0.3) is 0 Å². The van der Waals surface area contributed by atoms with Gasteiger partial charge in [0.25, 0.3) is 5.91 Å². The van der Waals surface area contributed by atoms with Gasteiger partial charge in [-0.1, -0.05) is 37.6 Å². The van der Waals surface area contributed by atoms with Crippen LogP contribution in [0.4, 0.5) is 5.69 Å². The van der Waals surface area contributed by atoms with Gasteiger partial charge in [-0.05, 0) is 60.7 Å². The van der Waals surface area contributed by atoms with Crippen LogP contribution in [0, 0.1) is 0 Å². The maximum Gasteiger partial charge on any atom is 0.260 e. The number of carbonyl (C=O) groups excluding carboxylic acids is 2. The SMILES string of the molecule is CCC(=O)N1CCC2CCCC(CN(C(=O)COc3cccc(OC)c3)Cc3ccccc31)N2Cc1ccncc1. The summed E-state index contributed by atoms with van der Waals surface area (Å²) in [5.41, 5.74) is 3.07. The number of piperidine rings is 1. The maximum absolute atomic E-state index is 13.8. The summed E-state index contributed by atoms with van der Waals surface area (Å²) in [4.78, 5) is 37.7. The zero-order valence-corrected chi connectivity index (χ0v) is 24.1. The van der Waals surface area contributed by atoms with Crippen molar-refractivity contribution in [2.24, 2.45) is 0 Å². The Kier molecular flexibility index (Phi) is 9.51. The van der Waals surface area contributed by atoms with Crippen molar-refractivity contribution < 1.29 is 19.1 Å². The molecule has 1 aromatic heterocycles. The summed E-state index contributed by atoms with van der Waals surface area (Å²) in [5, 5.41) is 0. The first-order valence-corrected chi connectivity index (χ1v) is 14.6. The second-order valence-corrected chi connectivity index (χ2v) is 10.8. The van der Waals surface area contributed by atoms with Gasteiger partial charge in [-0.15, -0.1) is 0 Å². The van der Waals surface area contributed by atoms with Gasteiger partial charge < -0.3 is 19.3 Å². The molecule has 8 nitrogen and oxygen atoms in total. The molecule has 2 amide bonds. The van der Waals surface area contributed by atoms with Crippen LogP contribution in [-0.4, -0.2) is 65.5 Å². The molecule has 0 saturated carbocycles. The molecule has 5 rings (SSSR count). The Hall–Kier alpha value is -3.91. The molecule has 1 fully saturated rings. The van der Waals surface area contributed by atoms with Crippen molar-refractivity contribution >= 4 is 17.5 Å². The van der Waals surface area contributed by atoms with Gasteiger partial charge in [0.15, 0.2) is 6.61 Å². The smallest absolute Gasteiger partial charge is 0.260 e. The second kappa shape index (κ2) is 13.6. The summed E-state index contributed by atoms with van der Waals surface area (Å²) < 4.78 is 11.3. The molecule has 2 unspecified atom stereocenters. The molecule has 41 heavy (non-hydrogen) atoms. The molecule has 2 atom stereocenters. The number of ether oxygens (including phenoxy) is 2. The van der Waals surface area contributed by atoms with E-state index in [2.05, 4.69) is 22.0 Å². The van der Waals surface area contributed by atoms with Gasteiger partial charge >= 0.3 is 0 Å². The van der Waals surface area contributed by atoms with E-state index < -0.39 is 0 Å². The van der Waals surface area contributed by atoms with Crippen LogP contribution in [0.3, 0.4) is 0 Å². The third-order valence-electron chi connectivity index (χ3n) is 8.25. The highest BCUT2D eigenvalue weighted by Gasteiger charge is 2.35. The molecule has 216 valence electrons. The van der Waals surface area contributed by atoms with E-state index in [1.165, 1.54) is 5.56 Å². The quantitative estimate of drug-likeness (QED) is 0.405. The van der Waals surface area contributed by atoms with Crippen LogP contribution < -0.4 is 14.4 Å². The Balaban J connectivity index is 1.47. The number of fused-ring (bicyclic) bond motifs is 3. The summed E-state index contributed by atoms with van der Waals surface area (Å²) >= 11 is 0. The van der Waals surface area contributed by atoms with Gasteiger partial charge in [-0.3, -0.25) is 19.5 Å². The van der Waals surface area contributed by atoms with Crippen molar-refractivity contribution in [2.75, 3.05) is 31.7 Å². The van der Waals surface area contributed by atoms with E-state index in [-0.39, 0.29) is 24.5 Å². The molecule has 2 aromatic carbocycles. The number of hydrogen-bond donors (Lipinski definition) is 0. The molecule has 0 spiro atoms. The number of hydrogen-bond acceptors (Lipinski definition) is 6. The van der Waals surface area contributed by atoms with Gasteiger partial charge in [0.2, 0.25) is 5.91 Å². The number of methoxy groups -OCH3 is 1. The number of anilines is 1. The normalized spacial score (nSPS) is 19.6. The van der Waals surface area contributed by atoms with E-state index in [4.69, 9.17) is 9.47 Å². The van der Waals surface area contributed by atoms with Crippen LogP contribution in [0.15, 0.2) is 73.1 Å². The highest BCUT2D eigenvalue weighted by atomic mass is 16.5. The van der Waals surface area contributed by atoms with Gasteiger partial charge in [0.05, 0.1) is 7.11 Å². The first-order chi connectivity index (χ1) is 20.1. The fourth-order valence-corrected chi connectivity index (χ4v) is 6.08. The minimum absolute atomic E-state index is 0.0759. The van der Waals surface area contributed by atoms with Crippen molar-refractivity contribution in [1.29, 1.82) is 0 Å². The third kappa shape index (κ3) is 7.06. The molecule has 0 radical (unpaired) electrons. The van der Waals surface area contributed by atoms with E-state index in [0.717, 1.165) is 43.5 Å². The molecular formula is C33H40N4O4. The van der Waals surface area contributed by atoms with Crippen LogP contribution in [-0.2, 0) is 22.7 Å². The average molecular weight is 557 g/mol. The van der Waals surface area contributed by atoms with Crippen molar-refractivity contribution in [1.82, 2.24) is 14.8 Å². The zero-order chi connectivity index (χ0) is 28.6. The standard InChI is InChI=1S/C33H40N4O4/c1-3-32(38)36-19-16-27-9-6-10-28(37(27)21-25-14-17-34-18-15-25)23-35(22-26-8-4-5-13-31(26)36)33(39)24-41-30-12-7-11-29(20-30)40-2/h4-5,7-8,11-15,17-18,20,27-28H,3,6,9-10,16,19,21-24H2,1-2H3. The lowest BCUT2D eigenvalue weighted by atomic mass is 9.92. The topological polar surface area (TPSA) is 75.2 Å². The lowest BCUT2D eigenvalue weighted by Crippen LogP contribution is -2.52. The predicted octanol–water partition coefficient (Wildman–Crippen LogP) is 5.07. The fraction of sp³-hybridized carbons (Fsp3) is 0.424.